The number of nitrogens with one attached hydrogen (secondary N) is 1. The van der Waals surface area contributed by atoms with E-state index in [2.05, 4.69) is 15.5 Å². The maximum absolute atomic E-state index is 11.9. The minimum atomic E-state index is 0.119. The van der Waals surface area contributed by atoms with Crippen LogP contribution in [-0.2, 0) is 16.0 Å². The van der Waals surface area contributed by atoms with Gasteiger partial charge in [0.1, 0.15) is 0 Å². The Morgan fingerprint density at radius 3 is 2.62 bits per heavy atom. The SMILES string of the molecule is CC(=O)N1CCC(c2noc(CCNC(=O)CCC3CCCC3)n2)CC1. The van der Waals surface area contributed by atoms with Crippen LogP contribution in [0.5, 0.6) is 0 Å². The van der Waals surface area contributed by atoms with Crippen molar-refractivity contribution in [2.75, 3.05) is 19.6 Å². The molecule has 26 heavy (non-hydrogen) atoms. The van der Waals surface area contributed by atoms with Gasteiger partial charge in [0.05, 0.1) is 0 Å². The first-order valence-corrected chi connectivity index (χ1v) is 9.96. The van der Waals surface area contributed by atoms with Gasteiger partial charge in [0, 0.05) is 45.3 Å². The minimum Gasteiger partial charge on any atom is -0.356 e. The van der Waals surface area contributed by atoms with Crippen LogP contribution in [0.1, 0.15) is 75.9 Å². The van der Waals surface area contributed by atoms with Gasteiger partial charge in [-0.25, -0.2) is 0 Å². The number of carbonyl (C=O) groups excluding carboxylic acids is 2. The molecule has 0 spiro atoms. The average molecular weight is 362 g/mol. The Hall–Kier alpha value is -1.92. The summed E-state index contributed by atoms with van der Waals surface area (Å²) < 4.78 is 5.32. The lowest BCUT2D eigenvalue weighted by Gasteiger charge is -2.29. The molecular formula is C19H30N4O3. The van der Waals surface area contributed by atoms with E-state index in [0.29, 0.717) is 25.3 Å². The third-order valence-electron chi connectivity index (χ3n) is 5.70. The molecule has 2 fully saturated rings. The zero-order chi connectivity index (χ0) is 18.4. The largest absolute Gasteiger partial charge is 0.356 e. The molecule has 2 amide bonds. The number of hydrogen-bond acceptors (Lipinski definition) is 5. The molecule has 0 bridgehead atoms. The maximum Gasteiger partial charge on any atom is 0.228 e. The summed E-state index contributed by atoms with van der Waals surface area (Å²) in [6.07, 6.45) is 9.14. The lowest BCUT2D eigenvalue weighted by molar-refractivity contribution is -0.129. The number of amides is 2. The predicted octanol–water partition coefficient (Wildman–Crippen LogP) is 2.42. The summed E-state index contributed by atoms with van der Waals surface area (Å²) in [6, 6.07) is 0. The van der Waals surface area contributed by atoms with Crippen molar-refractivity contribution in [3.63, 3.8) is 0 Å². The highest BCUT2D eigenvalue weighted by molar-refractivity contribution is 5.75. The van der Waals surface area contributed by atoms with E-state index >= 15 is 0 Å². The van der Waals surface area contributed by atoms with Crippen molar-refractivity contribution in [1.82, 2.24) is 20.4 Å². The molecule has 0 atom stereocenters. The highest BCUT2D eigenvalue weighted by atomic mass is 16.5. The van der Waals surface area contributed by atoms with Gasteiger partial charge in [0.25, 0.3) is 0 Å². The van der Waals surface area contributed by atoms with Gasteiger partial charge in [0.15, 0.2) is 5.82 Å². The van der Waals surface area contributed by atoms with Crippen LogP contribution in [0.25, 0.3) is 0 Å². The van der Waals surface area contributed by atoms with Crippen molar-refractivity contribution in [1.29, 1.82) is 0 Å². The molecular weight excluding hydrogens is 332 g/mol. The second kappa shape index (κ2) is 9.14. The normalized spacial score (nSPS) is 19.0. The predicted molar refractivity (Wildman–Crippen MR) is 96.4 cm³/mol. The first-order chi connectivity index (χ1) is 12.6. The van der Waals surface area contributed by atoms with Crippen LogP contribution >= 0.6 is 0 Å². The zero-order valence-corrected chi connectivity index (χ0v) is 15.7. The van der Waals surface area contributed by atoms with Gasteiger partial charge in [-0.15, -0.1) is 0 Å². The standard InChI is InChI=1S/C19H30N4O3/c1-14(24)23-12-9-16(10-13-23)19-21-18(26-22-19)8-11-20-17(25)7-6-15-4-2-3-5-15/h15-16H,2-13H2,1H3,(H,20,25). The van der Waals surface area contributed by atoms with E-state index in [9.17, 15) is 9.59 Å². The van der Waals surface area contributed by atoms with Gasteiger partial charge in [-0.2, -0.15) is 4.98 Å². The minimum absolute atomic E-state index is 0.119. The Bertz CT molecular complexity index is 602. The summed E-state index contributed by atoms with van der Waals surface area (Å²) in [5, 5.41) is 7.05. The Morgan fingerprint density at radius 1 is 1.19 bits per heavy atom. The maximum atomic E-state index is 11.9. The molecule has 2 heterocycles. The molecule has 7 nitrogen and oxygen atoms in total. The number of likely N-dealkylation sites (tertiary alicyclic amines) is 1. The van der Waals surface area contributed by atoms with Crippen molar-refractivity contribution in [3.05, 3.63) is 11.7 Å². The molecule has 1 aromatic rings. The molecule has 0 aromatic carbocycles. The molecule has 1 aliphatic heterocycles. The molecule has 7 heteroatoms. The Balaban J connectivity index is 1.34. The zero-order valence-electron chi connectivity index (χ0n) is 15.7. The second-order valence-corrected chi connectivity index (χ2v) is 7.62. The lowest BCUT2D eigenvalue weighted by atomic mass is 9.96. The van der Waals surface area contributed by atoms with Gasteiger partial charge in [-0.1, -0.05) is 30.8 Å². The third-order valence-corrected chi connectivity index (χ3v) is 5.70. The van der Waals surface area contributed by atoms with E-state index in [0.717, 1.165) is 44.1 Å². The molecule has 1 saturated carbocycles. The van der Waals surface area contributed by atoms with E-state index < -0.39 is 0 Å². The number of piperidine rings is 1. The molecule has 1 N–H and O–H groups in total. The molecule has 0 radical (unpaired) electrons. The number of nitrogens with zero attached hydrogens (tertiary/aromatic N) is 3. The van der Waals surface area contributed by atoms with E-state index in [1.165, 1.54) is 25.7 Å². The fourth-order valence-electron chi connectivity index (χ4n) is 4.02. The molecule has 1 aromatic heterocycles. The summed E-state index contributed by atoms with van der Waals surface area (Å²) in [7, 11) is 0. The molecule has 2 aliphatic rings. The fourth-order valence-corrected chi connectivity index (χ4v) is 4.02. The first kappa shape index (κ1) is 18.9. The smallest absolute Gasteiger partial charge is 0.228 e. The van der Waals surface area contributed by atoms with Crippen LogP contribution in [0, 0.1) is 5.92 Å². The fraction of sp³-hybridized carbons (Fsp3) is 0.789. The van der Waals surface area contributed by atoms with Gasteiger partial charge in [-0.3, -0.25) is 9.59 Å². The molecule has 3 rings (SSSR count). The summed E-state index contributed by atoms with van der Waals surface area (Å²) in [4.78, 5) is 29.6. The monoisotopic (exact) mass is 362 g/mol. The van der Waals surface area contributed by atoms with Crippen LogP contribution in [0.4, 0.5) is 0 Å². The van der Waals surface area contributed by atoms with Crippen molar-refractivity contribution >= 4 is 11.8 Å². The summed E-state index contributed by atoms with van der Waals surface area (Å²) in [5.74, 6) is 2.55. The summed E-state index contributed by atoms with van der Waals surface area (Å²) >= 11 is 0. The highest BCUT2D eigenvalue weighted by Gasteiger charge is 2.25. The van der Waals surface area contributed by atoms with Crippen molar-refractivity contribution in [2.45, 2.75) is 70.6 Å². The molecule has 1 aliphatic carbocycles. The van der Waals surface area contributed by atoms with E-state index in [1.807, 2.05) is 4.90 Å². The van der Waals surface area contributed by atoms with Gasteiger partial charge >= 0.3 is 0 Å². The van der Waals surface area contributed by atoms with E-state index in [4.69, 9.17) is 4.52 Å². The van der Waals surface area contributed by atoms with Crippen LogP contribution in [0.3, 0.4) is 0 Å². The van der Waals surface area contributed by atoms with Gasteiger partial charge < -0.3 is 14.7 Å². The Kier molecular flexibility index (Phi) is 6.63. The first-order valence-electron chi connectivity index (χ1n) is 9.96. The Morgan fingerprint density at radius 2 is 1.92 bits per heavy atom. The summed E-state index contributed by atoms with van der Waals surface area (Å²) in [6.45, 7) is 3.64. The van der Waals surface area contributed by atoms with Crippen molar-refractivity contribution in [2.24, 2.45) is 5.92 Å². The van der Waals surface area contributed by atoms with Crippen molar-refractivity contribution in [3.8, 4) is 0 Å². The topological polar surface area (TPSA) is 88.3 Å². The van der Waals surface area contributed by atoms with Gasteiger partial charge in [0.2, 0.25) is 17.7 Å². The van der Waals surface area contributed by atoms with Crippen LogP contribution in [0.2, 0.25) is 0 Å². The average Bonchev–Trinajstić information content (AvgIpc) is 3.32. The van der Waals surface area contributed by atoms with Crippen LogP contribution < -0.4 is 5.32 Å². The lowest BCUT2D eigenvalue weighted by Crippen LogP contribution is -2.36. The van der Waals surface area contributed by atoms with Crippen LogP contribution in [0.15, 0.2) is 4.52 Å². The van der Waals surface area contributed by atoms with E-state index in [1.54, 1.807) is 6.92 Å². The Labute approximate surface area is 154 Å². The third kappa shape index (κ3) is 5.29. The highest BCUT2D eigenvalue weighted by Crippen LogP contribution is 2.28. The number of rotatable bonds is 7. The molecule has 1 saturated heterocycles. The number of hydrogen-bond donors (Lipinski definition) is 1. The number of carbonyl (C=O) groups is 2. The van der Waals surface area contributed by atoms with Crippen LogP contribution in [-0.4, -0.2) is 46.5 Å². The summed E-state index contributed by atoms with van der Waals surface area (Å²) in [5.41, 5.74) is 0. The van der Waals surface area contributed by atoms with Gasteiger partial charge in [-0.05, 0) is 25.2 Å². The van der Waals surface area contributed by atoms with Crippen molar-refractivity contribution < 1.29 is 14.1 Å². The second-order valence-electron chi connectivity index (χ2n) is 7.62. The molecule has 0 unspecified atom stereocenters. The van der Waals surface area contributed by atoms with E-state index in [-0.39, 0.29) is 17.7 Å². The quantitative estimate of drug-likeness (QED) is 0.805. The number of aromatic nitrogens is 2. The molecule has 144 valence electrons.